The maximum Gasteiger partial charge on any atom is 0.244 e. The minimum Gasteiger partial charge on any atom is -0.490 e. The van der Waals surface area contributed by atoms with E-state index in [4.69, 9.17) is 21.1 Å². The summed E-state index contributed by atoms with van der Waals surface area (Å²) in [4.78, 5) is 12.3. The lowest BCUT2D eigenvalue weighted by atomic mass is 10.0. The third-order valence-corrected chi connectivity index (χ3v) is 5.94. The van der Waals surface area contributed by atoms with E-state index in [-0.39, 0.29) is 12.3 Å². The van der Waals surface area contributed by atoms with Crippen molar-refractivity contribution in [2.24, 2.45) is 5.10 Å². The predicted molar refractivity (Wildman–Crippen MR) is 141 cm³/mol. The molecule has 33 heavy (non-hydrogen) atoms. The van der Waals surface area contributed by atoms with Gasteiger partial charge in [0.15, 0.2) is 11.5 Å². The van der Waals surface area contributed by atoms with Crippen molar-refractivity contribution in [1.82, 2.24) is 5.43 Å². The number of nitrogens with one attached hydrogen (secondary N) is 1. The molecule has 0 atom stereocenters. The molecule has 0 radical (unpaired) electrons. The Labute approximate surface area is 213 Å². The van der Waals surface area contributed by atoms with Gasteiger partial charge in [-0.3, -0.25) is 4.79 Å². The first kappa shape index (κ1) is 25.1. The van der Waals surface area contributed by atoms with Crippen LogP contribution in [0.4, 0.5) is 0 Å². The van der Waals surface area contributed by atoms with Crippen molar-refractivity contribution >= 4 is 46.3 Å². The Balaban J connectivity index is 1.67. The van der Waals surface area contributed by atoms with Crippen molar-refractivity contribution in [3.05, 3.63) is 91.0 Å². The van der Waals surface area contributed by atoms with E-state index in [2.05, 4.69) is 33.1 Å². The maximum absolute atomic E-state index is 12.3. The Kier molecular flexibility index (Phi) is 9.14. The van der Waals surface area contributed by atoms with E-state index >= 15 is 0 Å². The summed E-state index contributed by atoms with van der Waals surface area (Å²) < 4.78 is 12.7. The standard InChI is InChI=1S/C26H26ClIN2O3/c1-4-32-24-13-20(12-23(28)26(24)33-16-19-7-9-22(27)10-8-19)15-29-30-25(31)14-21-11-17(2)5-6-18(21)3/h5-13,15H,4,14,16H2,1-3H3,(H,30,31)/b29-15+. The van der Waals surface area contributed by atoms with E-state index in [1.165, 1.54) is 0 Å². The molecular formula is C26H26ClIN2O3. The number of rotatable bonds is 9. The zero-order chi connectivity index (χ0) is 23.8. The molecule has 0 unspecified atom stereocenters. The van der Waals surface area contributed by atoms with Crippen molar-refractivity contribution in [2.75, 3.05) is 6.61 Å². The van der Waals surface area contributed by atoms with Gasteiger partial charge >= 0.3 is 0 Å². The van der Waals surface area contributed by atoms with Gasteiger partial charge in [0.05, 0.1) is 22.8 Å². The molecule has 5 nitrogen and oxygen atoms in total. The fourth-order valence-electron chi connectivity index (χ4n) is 3.18. The minimum atomic E-state index is -0.164. The van der Waals surface area contributed by atoms with Crippen LogP contribution in [0.5, 0.6) is 11.5 Å². The smallest absolute Gasteiger partial charge is 0.244 e. The normalized spacial score (nSPS) is 10.9. The zero-order valence-corrected chi connectivity index (χ0v) is 21.7. The van der Waals surface area contributed by atoms with Crippen LogP contribution in [-0.4, -0.2) is 18.7 Å². The topological polar surface area (TPSA) is 59.9 Å². The van der Waals surface area contributed by atoms with Crippen LogP contribution in [0, 0.1) is 17.4 Å². The van der Waals surface area contributed by atoms with Crippen LogP contribution in [0.3, 0.4) is 0 Å². The van der Waals surface area contributed by atoms with Crippen LogP contribution in [0.1, 0.15) is 34.7 Å². The van der Waals surface area contributed by atoms with Gasteiger partial charge in [-0.2, -0.15) is 5.10 Å². The Bertz CT molecular complexity index is 1150. The van der Waals surface area contributed by atoms with Gasteiger partial charge in [0.2, 0.25) is 5.91 Å². The Morgan fingerprint density at radius 2 is 1.85 bits per heavy atom. The van der Waals surface area contributed by atoms with Crippen LogP contribution in [0.2, 0.25) is 5.02 Å². The summed E-state index contributed by atoms with van der Waals surface area (Å²) in [5.74, 6) is 1.13. The Morgan fingerprint density at radius 1 is 1.09 bits per heavy atom. The lowest BCUT2D eigenvalue weighted by Gasteiger charge is -2.15. The van der Waals surface area contributed by atoms with E-state index in [0.717, 1.165) is 31.4 Å². The SMILES string of the molecule is CCOc1cc(/C=N/NC(=O)Cc2cc(C)ccc2C)cc(I)c1OCc1ccc(Cl)cc1. The van der Waals surface area contributed by atoms with Gasteiger partial charge in [-0.1, -0.05) is 47.5 Å². The molecule has 1 amide bonds. The Hall–Kier alpha value is -2.58. The molecule has 0 saturated heterocycles. The summed E-state index contributed by atoms with van der Waals surface area (Å²) in [7, 11) is 0. The number of hydrogen-bond donors (Lipinski definition) is 1. The molecule has 7 heteroatoms. The lowest BCUT2D eigenvalue weighted by molar-refractivity contribution is -0.120. The second kappa shape index (κ2) is 12.0. The third kappa shape index (κ3) is 7.47. The summed E-state index contributed by atoms with van der Waals surface area (Å²) in [6, 6.07) is 17.4. The highest BCUT2D eigenvalue weighted by atomic mass is 127. The van der Waals surface area contributed by atoms with E-state index in [1.807, 2.05) is 75.4 Å². The number of benzene rings is 3. The number of hydrogen-bond acceptors (Lipinski definition) is 4. The molecule has 0 bridgehead atoms. The van der Waals surface area contributed by atoms with Crippen LogP contribution < -0.4 is 14.9 Å². The van der Waals surface area contributed by atoms with Gasteiger partial charge < -0.3 is 9.47 Å². The molecule has 0 fully saturated rings. The van der Waals surface area contributed by atoms with Crippen LogP contribution in [0.15, 0.2) is 59.7 Å². The second-order valence-corrected chi connectivity index (χ2v) is 9.18. The third-order valence-electron chi connectivity index (χ3n) is 4.89. The van der Waals surface area contributed by atoms with E-state index in [0.29, 0.717) is 29.7 Å². The number of amides is 1. The largest absolute Gasteiger partial charge is 0.490 e. The molecule has 1 N–H and O–H groups in total. The quantitative estimate of drug-likeness (QED) is 0.187. The molecule has 0 aliphatic heterocycles. The summed E-state index contributed by atoms with van der Waals surface area (Å²) >= 11 is 8.16. The molecule has 0 saturated carbocycles. The van der Waals surface area contributed by atoms with E-state index in [1.54, 1.807) is 6.21 Å². The van der Waals surface area contributed by atoms with Crippen molar-refractivity contribution < 1.29 is 14.3 Å². The van der Waals surface area contributed by atoms with Crippen LogP contribution >= 0.6 is 34.2 Å². The number of nitrogens with zero attached hydrogens (tertiary/aromatic N) is 1. The molecular weight excluding hydrogens is 551 g/mol. The number of carbonyl (C=O) groups excluding carboxylic acids is 1. The average molecular weight is 577 g/mol. The van der Waals surface area contributed by atoms with E-state index < -0.39 is 0 Å². The second-order valence-electron chi connectivity index (χ2n) is 7.58. The molecule has 0 aromatic heterocycles. The van der Waals surface area contributed by atoms with Gasteiger partial charge in [-0.25, -0.2) is 5.43 Å². The van der Waals surface area contributed by atoms with Crippen molar-refractivity contribution in [3.8, 4) is 11.5 Å². The Morgan fingerprint density at radius 3 is 2.58 bits per heavy atom. The van der Waals surface area contributed by atoms with E-state index in [9.17, 15) is 4.79 Å². The number of hydrazone groups is 1. The predicted octanol–water partition coefficient (Wildman–Crippen LogP) is 6.23. The number of ether oxygens (including phenoxy) is 2. The monoisotopic (exact) mass is 576 g/mol. The van der Waals surface area contributed by atoms with Gasteiger partial charge in [-0.15, -0.1) is 0 Å². The van der Waals surface area contributed by atoms with Crippen molar-refractivity contribution in [1.29, 1.82) is 0 Å². The summed E-state index contributed by atoms with van der Waals surface area (Å²) in [5.41, 5.74) is 7.63. The van der Waals surface area contributed by atoms with Gasteiger partial charge in [0.1, 0.15) is 6.61 Å². The molecule has 172 valence electrons. The van der Waals surface area contributed by atoms with Crippen LogP contribution in [0.25, 0.3) is 0 Å². The fourth-order valence-corrected chi connectivity index (χ4v) is 4.09. The van der Waals surface area contributed by atoms with Crippen molar-refractivity contribution in [2.45, 2.75) is 33.8 Å². The lowest BCUT2D eigenvalue weighted by Crippen LogP contribution is -2.20. The first-order chi connectivity index (χ1) is 15.9. The summed E-state index contributed by atoms with van der Waals surface area (Å²) in [5, 5.41) is 4.81. The molecule has 3 rings (SSSR count). The first-order valence-electron chi connectivity index (χ1n) is 10.6. The summed E-state index contributed by atoms with van der Waals surface area (Å²) in [6.07, 6.45) is 1.89. The van der Waals surface area contributed by atoms with Gasteiger partial charge in [0, 0.05) is 5.02 Å². The van der Waals surface area contributed by atoms with Gasteiger partial charge in [-0.05, 0) is 89.9 Å². The molecule has 0 spiro atoms. The highest BCUT2D eigenvalue weighted by molar-refractivity contribution is 14.1. The number of halogens is 2. The zero-order valence-electron chi connectivity index (χ0n) is 18.8. The fraction of sp³-hybridized carbons (Fsp3) is 0.231. The molecule has 0 heterocycles. The molecule has 3 aromatic rings. The highest BCUT2D eigenvalue weighted by Crippen LogP contribution is 2.34. The summed E-state index contributed by atoms with van der Waals surface area (Å²) in [6.45, 7) is 6.83. The van der Waals surface area contributed by atoms with Gasteiger partial charge in [0.25, 0.3) is 0 Å². The molecule has 0 aliphatic rings. The molecule has 0 aliphatic carbocycles. The first-order valence-corrected chi connectivity index (χ1v) is 12.0. The van der Waals surface area contributed by atoms with Crippen LogP contribution in [-0.2, 0) is 17.8 Å². The number of carbonyl (C=O) groups is 1. The number of aryl methyl sites for hydroxylation is 2. The highest BCUT2D eigenvalue weighted by Gasteiger charge is 2.12. The maximum atomic E-state index is 12.3. The minimum absolute atomic E-state index is 0.164. The molecule has 3 aromatic carbocycles. The average Bonchev–Trinajstić information content (AvgIpc) is 2.77. The van der Waals surface area contributed by atoms with Crippen molar-refractivity contribution in [3.63, 3.8) is 0 Å².